The first kappa shape index (κ1) is 17.1. The Labute approximate surface area is 154 Å². The number of fused-ring (bicyclic) bond motifs is 2. The molecule has 0 fully saturated rings. The second-order valence-electron chi connectivity index (χ2n) is 6.00. The molecule has 26 heavy (non-hydrogen) atoms. The van der Waals surface area contributed by atoms with E-state index in [0.717, 1.165) is 22.6 Å². The molecule has 0 radical (unpaired) electrons. The molecule has 4 rings (SSSR count). The number of hydrogen-bond acceptors (Lipinski definition) is 6. The lowest BCUT2D eigenvalue weighted by molar-refractivity contribution is 0.182. The lowest BCUT2D eigenvalue weighted by Gasteiger charge is -2.13. The van der Waals surface area contributed by atoms with Crippen molar-refractivity contribution >= 4 is 43.7 Å². The molecule has 0 bridgehead atoms. The maximum atomic E-state index is 12.6. The molecule has 0 aliphatic heterocycles. The van der Waals surface area contributed by atoms with E-state index in [1.54, 1.807) is 18.2 Å². The van der Waals surface area contributed by atoms with Gasteiger partial charge in [-0.05, 0) is 41.3 Å². The minimum absolute atomic E-state index is 0.0643. The Morgan fingerprint density at radius 3 is 2.92 bits per heavy atom. The van der Waals surface area contributed by atoms with Gasteiger partial charge in [-0.1, -0.05) is 12.1 Å². The van der Waals surface area contributed by atoms with Crippen molar-refractivity contribution in [1.82, 2.24) is 18.0 Å². The molecular formula is C17H16N4O3S2. The van der Waals surface area contributed by atoms with Crippen LogP contribution in [0.2, 0.25) is 0 Å². The summed E-state index contributed by atoms with van der Waals surface area (Å²) >= 11 is 0.964. The predicted octanol–water partition coefficient (Wildman–Crippen LogP) is 2.19. The lowest BCUT2D eigenvalue weighted by Crippen LogP contribution is -2.28. The van der Waals surface area contributed by atoms with Crippen molar-refractivity contribution in [3.05, 3.63) is 54.2 Å². The molecular weight excluding hydrogens is 372 g/mol. The van der Waals surface area contributed by atoms with Crippen molar-refractivity contribution in [2.75, 3.05) is 6.54 Å². The molecule has 2 N–H and O–H groups in total. The monoisotopic (exact) mass is 388 g/mol. The van der Waals surface area contributed by atoms with Crippen LogP contribution in [0.4, 0.5) is 0 Å². The number of nitrogens with one attached hydrogen (secondary N) is 1. The highest BCUT2D eigenvalue weighted by molar-refractivity contribution is 7.89. The molecule has 2 aromatic heterocycles. The van der Waals surface area contributed by atoms with E-state index in [1.165, 1.54) is 6.07 Å². The zero-order chi connectivity index (χ0) is 18.3. The Balaban J connectivity index is 1.56. The quantitative estimate of drug-likeness (QED) is 0.546. The van der Waals surface area contributed by atoms with Gasteiger partial charge in [0.15, 0.2) is 0 Å². The summed E-state index contributed by atoms with van der Waals surface area (Å²) in [5.74, 6) is 0. The number of nitrogens with zero attached hydrogens (tertiary/aromatic N) is 3. The van der Waals surface area contributed by atoms with Crippen LogP contribution in [0.1, 0.15) is 11.7 Å². The molecule has 0 saturated heterocycles. The van der Waals surface area contributed by atoms with E-state index < -0.39 is 16.1 Å². The van der Waals surface area contributed by atoms with Gasteiger partial charge in [0.2, 0.25) is 10.0 Å². The molecule has 7 nitrogen and oxygen atoms in total. The largest absolute Gasteiger partial charge is 0.387 e. The fourth-order valence-electron chi connectivity index (χ4n) is 2.89. The molecule has 0 spiro atoms. The molecule has 9 heteroatoms. The van der Waals surface area contributed by atoms with Gasteiger partial charge >= 0.3 is 0 Å². The van der Waals surface area contributed by atoms with Crippen LogP contribution in [0.3, 0.4) is 0 Å². The Kier molecular flexibility index (Phi) is 4.23. The lowest BCUT2D eigenvalue weighted by atomic mass is 10.1. The smallest absolute Gasteiger partial charge is 0.242 e. The fourth-order valence-corrected chi connectivity index (χ4v) is 4.69. The highest BCUT2D eigenvalue weighted by atomic mass is 32.2. The topological polar surface area (TPSA) is 97.1 Å². The number of aryl methyl sites for hydroxylation is 1. The third-order valence-electron chi connectivity index (χ3n) is 4.30. The summed E-state index contributed by atoms with van der Waals surface area (Å²) in [7, 11) is -1.86. The van der Waals surface area contributed by atoms with E-state index in [9.17, 15) is 13.5 Å². The molecule has 0 aliphatic rings. The van der Waals surface area contributed by atoms with Crippen molar-refractivity contribution in [2.45, 2.75) is 11.0 Å². The highest BCUT2D eigenvalue weighted by Gasteiger charge is 2.21. The molecule has 134 valence electrons. The Morgan fingerprint density at radius 2 is 2.08 bits per heavy atom. The predicted molar refractivity (Wildman–Crippen MR) is 100 cm³/mol. The molecule has 2 aromatic carbocycles. The van der Waals surface area contributed by atoms with Crippen LogP contribution in [0.15, 0.2) is 53.6 Å². The average Bonchev–Trinajstić information content (AvgIpc) is 3.26. The number of aromatic nitrogens is 3. The van der Waals surface area contributed by atoms with E-state index >= 15 is 0 Å². The fraction of sp³-hybridized carbons (Fsp3) is 0.176. The zero-order valence-electron chi connectivity index (χ0n) is 13.8. The first-order valence-electron chi connectivity index (χ1n) is 7.90. The molecule has 0 saturated carbocycles. The zero-order valence-corrected chi connectivity index (χ0v) is 15.5. The Hall–Kier alpha value is -2.33. The number of sulfonamides is 1. The number of benzene rings is 2. The van der Waals surface area contributed by atoms with Crippen LogP contribution >= 0.6 is 11.7 Å². The van der Waals surface area contributed by atoms with Crippen molar-refractivity contribution in [3.63, 3.8) is 0 Å². The maximum Gasteiger partial charge on any atom is 0.242 e. The first-order valence-corrected chi connectivity index (χ1v) is 10.1. The van der Waals surface area contributed by atoms with Gasteiger partial charge in [-0.2, -0.15) is 8.75 Å². The minimum Gasteiger partial charge on any atom is -0.387 e. The van der Waals surface area contributed by atoms with Crippen LogP contribution in [-0.2, 0) is 17.1 Å². The SMILES string of the molecule is Cn1ccc2cc([C@H](O)CNS(=O)(=O)c3cccc4nsnc34)ccc21. The van der Waals surface area contributed by atoms with E-state index in [-0.39, 0.29) is 11.4 Å². The second kappa shape index (κ2) is 6.44. The maximum absolute atomic E-state index is 12.6. The summed E-state index contributed by atoms with van der Waals surface area (Å²) in [6.45, 7) is -0.130. The van der Waals surface area contributed by atoms with Gasteiger partial charge in [0.1, 0.15) is 15.9 Å². The summed E-state index contributed by atoms with van der Waals surface area (Å²) in [6.07, 6.45) is 0.980. The summed E-state index contributed by atoms with van der Waals surface area (Å²) in [5.41, 5.74) is 2.57. The summed E-state index contributed by atoms with van der Waals surface area (Å²) in [5, 5.41) is 11.4. The van der Waals surface area contributed by atoms with Crippen LogP contribution in [0.5, 0.6) is 0 Å². The van der Waals surface area contributed by atoms with E-state index in [1.807, 2.05) is 36.0 Å². The standard InChI is InChI=1S/C17H16N4O3S2/c1-21-8-7-11-9-12(5-6-14(11)21)15(22)10-18-26(23,24)16-4-2-3-13-17(16)20-25-19-13/h2-9,15,18,22H,10H2,1H3/t15-/m1/s1. The van der Waals surface area contributed by atoms with Gasteiger partial charge in [-0.15, -0.1) is 0 Å². The molecule has 0 aliphatic carbocycles. The molecule has 0 amide bonds. The van der Waals surface area contributed by atoms with E-state index in [0.29, 0.717) is 16.6 Å². The van der Waals surface area contributed by atoms with E-state index in [4.69, 9.17) is 0 Å². The summed E-state index contributed by atoms with van der Waals surface area (Å²) < 4.78 is 37.8. The second-order valence-corrected chi connectivity index (χ2v) is 8.26. The van der Waals surface area contributed by atoms with E-state index in [2.05, 4.69) is 13.5 Å². The number of rotatable bonds is 5. The molecule has 1 atom stereocenters. The Morgan fingerprint density at radius 1 is 1.23 bits per heavy atom. The van der Waals surface area contributed by atoms with Crippen LogP contribution < -0.4 is 4.72 Å². The Bertz CT molecular complexity index is 1200. The third kappa shape index (κ3) is 2.99. The number of hydrogen-bond donors (Lipinski definition) is 2. The van der Waals surface area contributed by atoms with Gasteiger partial charge in [0.05, 0.1) is 17.8 Å². The number of aliphatic hydroxyl groups excluding tert-OH is 1. The van der Waals surface area contributed by atoms with Crippen LogP contribution in [0.25, 0.3) is 21.9 Å². The molecule has 0 unspecified atom stereocenters. The van der Waals surface area contributed by atoms with Crippen molar-refractivity contribution in [3.8, 4) is 0 Å². The summed E-state index contributed by atoms with van der Waals surface area (Å²) in [6, 6.07) is 12.3. The van der Waals surface area contributed by atoms with Gasteiger partial charge in [0.25, 0.3) is 0 Å². The third-order valence-corrected chi connectivity index (χ3v) is 6.30. The van der Waals surface area contributed by atoms with Gasteiger partial charge < -0.3 is 9.67 Å². The average molecular weight is 388 g/mol. The molecule has 4 aromatic rings. The van der Waals surface area contributed by atoms with Gasteiger partial charge in [-0.3, -0.25) is 0 Å². The van der Waals surface area contributed by atoms with Crippen molar-refractivity contribution < 1.29 is 13.5 Å². The van der Waals surface area contributed by atoms with Crippen molar-refractivity contribution in [1.29, 1.82) is 0 Å². The van der Waals surface area contributed by atoms with Crippen molar-refractivity contribution in [2.24, 2.45) is 7.05 Å². The van der Waals surface area contributed by atoms with Gasteiger partial charge in [0, 0.05) is 25.3 Å². The minimum atomic E-state index is -3.81. The normalized spacial score (nSPS) is 13.5. The highest BCUT2D eigenvalue weighted by Crippen LogP contribution is 2.23. The van der Waals surface area contributed by atoms with Crippen LogP contribution in [-0.4, -0.2) is 33.4 Å². The first-order chi connectivity index (χ1) is 12.5. The van der Waals surface area contributed by atoms with Crippen LogP contribution in [0, 0.1) is 0 Å². The summed E-state index contributed by atoms with van der Waals surface area (Å²) in [4.78, 5) is 0.0643. The molecule has 2 heterocycles. The number of aliphatic hydroxyl groups is 1. The van der Waals surface area contributed by atoms with Gasteiger partial charge in [-0.25, -0.2) is 13.1 Å².